The fraction of sp³-hybridized carbons (Fsp3) is 0.294. The number of rotatable bonds is 8. The summed E-state index contributed by atoms with van der Waals surface area (Å²) in [5.41, 5.74) is 5.66. The SMILES string of the molecule is C=CC1=C(C(=O)O)N2C(=O)C(NC(=O)/C(=N/OCC(=O)OC)c3csc(N)n3)C2SC1. The highest BCUT2D eigenvalue weighted by Crippen LogP contribution is 2.40. The van der Waals surface area contributed by atoms with Crippen LogP contribution in [-0.2, 0) is 28.8 Å². The van der Waals surface area contributed by atoms with Gasteiger partial charge in [0, 0.05) is 11.1 Å². The number of ether oxygens (including phenoxy) is 1. The molecule has 0 bridgehead atoms. The monoisotopic (exact) mass is 467 g/mol. The zero-order chi connectivity index (χ0) is 22.7. The number of amides is 2. The number of nitrogens with one attached hydrogen (secondary N) is 1. The minimum absolute atomic E-state index is 0.0878. The summed E-state index contributed by atoms with van der Waals surface area (Å²) in [5.74, 6) is -3.04. The largest absolute Gasteiger partial charge is 0.477 e. The summed E-state index contributed by atoms with van der Waals surface area (Å²) < 4.78 is 4.43. The van der Waals surface area contributed by atoms with Crippen LogP contribution in [0, 0.1) is 0 Å². The maximum absolute atomic E-state index is 12.8. The van der Waals surface area contributed by atoms with Crippen molar-refractivity contribution in [1.82, 2.24) is 15.2 Å². The second-order valence-corrected chi connectivity index (χ2v) is 8.10. The number of carbonyl (C=O) groups excluding carboxylic acids is 3. The maximum atomic E-state index is 12.8. The Bertz CT molecular complexity index is 1020. The molecule has 164 valence electrons. The molecule has 2 atom stereocenters. The molecule has 0 aromatic carbocycles. The summed E-state index contributed by atoms with van der Waals surface area (Å²) in [6.45, 7) is 3.03. The highest BCUT2D eigenvalue weighted by molar-refractivity contribution is 8.00. The number of aliphatic carboxylic acids is 1. The van der Waals surface area contributed by atoms with Crippen molar-refractivity contribution in [3.63, 3.8) is 0 Å². The Morgan fingerprint density at radius 1 is 1.52 bits per heavy atom. The van der Waals surface area contributed by atoms with Crippen molar-refractivity contribution < 1.29 is 33.9 Å². The smallest absolute Gasteiger partial charge is 0.352 e. The van der Waals surface area contributed by atoms with E-state index in [0.717, 1.165) is 23.3 Å². The molecule has 1 saturated heterocycles. The zero-order valence-electron chi connectivity index (χ0n) is 16.1. The number of anilines is 1. The molecule has 1 fully saturated rings. The number of nitrogen functional groups attached to an aromatic ring is 1. The van der Waals surface area contributed by atoms with Gasteiger partial charge in [-0.1, -0.05) is 17.8 Å². The highest BCUT2D eigenvalue weighted by Gasteiger charge is 2.54. The molecule has 0 radical (unpaired) electrons. The van der Waals surface area contributed by atoms with Crippen LogP contribution in [0.25, 0.3) is 0 Å². The van der Waals surface area contributed by atoms with Crippen LogP contribution >= 0.6 is 23.1 Å². The minimum Gasteiger partial charge on any atom is -0.477 e. The van der Waals surface area contributed by atoms with Gasteiger partial charge >= 0.3 is 11.9 Å². The van der Waals surface area contributed by atoms with Crippen molar-refractivity contribution in [3.8, 4) is 0 Å². The molecule has 0 aliphatic carbocycles. The summed E-state index contributed by atoms with van der Waals surface area (Å²) in [7, 11) is 1.16. The summed E-state index contributed by atoms with van der Waals surface area (Å²) in [5, 5.41) is 16.7. The molecule has 1 aromatic rings. The number of carboxylic acid groups (broad SMARTS) is 1. The van der Waals surface area contributed by atoms with Gasteiger partial charge in [0.05, 0.1) is 7.11 Å². The topological polar surface area (TPSA) is 174 Å². The van der Waals surface area contributed by atoms with Crippen molar-refractivity contribution in [1.29, 1.82) is 0 Å². The van der Waals surface area contributed by atoms with E-state index in [1.165, 1.54) is 23.2 Å². The van der Waals surface area contributed by atoms with E-state index in [0.29, 0.717) is 11.3 Å². The lowest BCUT2D eigenvalue weighted by Crippen LogP contribution is -2.71. The number of nitrogens with zero attached hydrogens (tertiary/aromatic N) is 3. The fourth-order valence-electron chi connectivity index (χ4n) is 2.82. The van der Waals surface area contributed by atoms with Gasteiger partial charge in [-0.2, -0.15) is 0 Å². The van der Waals surface area contributed by atoms with Crippen molar-refractivity contribution in [2.24, 2.45) is 5.16 Å². The number of fused-ring (bicyclic) bond motifs is 1. The number of carboxylic acids is 1. The number of allylic oxidation sites excluding steroid dienone is 1. The molecule has 2 aliphatic rings. The van der Waals surface area contributed by atoms with E-state index in [4.69, 9.17) is 10.6 Å². The van der Waals surface area contributed by atoms with Crippen molar-refractivity contribution in [3.05, 3.63) is 35.0 Å². The standard InChI is InChI=1S/C17H17N5O7S2/c1-3-7-5-30-15-11(14(25)22(15)12(7)16(26)27)20-13(24)10(8-6-31-17(18)19-8)21-29-4-9(23)28-2/h3,6,11,15H,1,4-5H2,2H3,(H2,18,19)(H,20,24)(H,26,27)/b21-10+. The van der Waals surface area contributed by atoms with Crippen LogP contribution in [0.15, 0.2) is 34.5 Å². The molecule has 2 aliphatic heterocycles. The molecule has 3 heterocycles. The first-order valence-corrected chi connectivity index (χ1v) is 10.5. The quantitative estimate of drug-likeness (QED) is 0.196. The summed E-state index contributed by atoms with van der Waals surface area (Å²) in [6, 6.07) is -0.986. The number of carbonyl (C=O) groups is 4. The summed E-state index contributed by atoms with van der Waals surface area (Å²) in [6.07, 6.45) is 1.39. The molecule has 2 unspecified atom stereocenters. The lowest BCUT2D eigenvalue weighted by atomic mass is 10.0. The van der Waals surface area contributed by atoms with E-state index in [9.17, 15) is 24.3 Å². The van der Waals surface area contributed by atoms with Gasteiger partial charge < -0.3 is 25.7 Å². The molecule has 2 amide bonds. The molecule has 4 N–H and O–H groups in total. The van der Waals surface area contributed by atoms with Gasteiger partial charge in [0.25, 0.3) is 11.8 Å². The summed E-state index contributed by atoms with van der Waals surface area (Å²) in [4.78, 5) is 58.2. The van der Waals surface area contributed by atoms with E-state index in [1.54, 1.807) is 0 Å². The number of thiazole rings is 1. The van der Waals surface area contributed by atoms with Crippen LogP contribution in [0.2, 0.25) is 0 Å². The molecular formula is C17H17N5O7S2. The number of aromatic nitrogens is 1. The third-order valence-corrected chi connectivity index (χ3v) is 6.25. The van der Waals surface area contributed by atoms with Crippen LogP contribution in [0.1, 0.15) is 5.69 Å². The number of esters is 1. The number of oxime groups is 1. The van der Waals surface area contributed by atoms with Crippen LogP contribution in [0.3, 0.4) is 0 Å². The number of methoxy groups -OCH3 is 1. The molecule has 3 rings (SSSR count). The first kappa shape index (κ1) is 22.3. The summed E-state index contributed by atoms with van der Waals surface area (Å²) >= 11 is 2.35. The van der Waals surface area contributed by atoms with Crippen molar-refractivity contribution in [2.75, 3.05) is 25.2 Å². The van der Waals surface area contributed by atoms with Crippen LogP contribution in [0.5, 0.6) is 0 Å². The molecular weight excluding hydrogens is 450 g/mol. The normalized spacial score (nSPS) is 20.5. The Labute approximate surface area is 183 Å². The fourth-order valence-corrected chi connectivity index (χ4v) is 4.71. The van der Waals surface area contributed by atoms with Crippen molar-refractivity contribution in [2.45, 2.75) is 11.4 Å². The first-order chi connectivity index (χ1) is 14.8. The molecule has 31 heavy (non-hydrogen) atoms. The minimum atomic E-state index is -1.25. The van der Waals surface area contributed by atoms with Gasteiger partial charge in [-0.25, -0.2) is 14.6 Å². The maximum Gasteiger partial charge on any atom is 0.352 e. The number of hydrogen-bond donors (Lipinski definition) is 3. The van der Waals surface area contributed by atoms with Gasteiger partial charge in [0.1, 0.15) is 22.8 Å². The Hall–Kier alpha value is -3.39. The first-order valence-electron chi connectivity index (χ1n) is 8.61. The van der Waals surface area contributed by atoms with E-state index in [-0.39, 0.29) is 22.2 Å². The predicted molar refractivity (Wildman–Crippen MR) is 111 cm³/mol. The Kier molecular flexibility index (Phi) is 6.60. The Morgan fingerprint density at radius 2 is 2.26 bits per heavy atom. The van der Waals surface area contributed by atoms with Gasteiger partial charge in [0.2, 0.25) is 6.61 Å². The van der Waals surface area contributed by atoms with Gasteiger partial charge in [0.15, 0.2) is 10.8 Å². The third kappa shape index (κ3) is 4.39. The van der Waals surface area contributed by atoms with Crippen molar-refractivity contribution >= 4 is 57.7 Å². The number of β-lactam (4-membered cyclic amide) rings is 1. The zero-order valence-corrected chi connectivity index (χ0v) is 17.7. The molecule has 0 saturated carbocycles. The molecule has 1 aromatic heterocycles. The van der Waals surface area contributed by atoms with E-state index in [1.807, 2.05) is 0 Å². The Balaban J connectivity index is 1.78. The van der Waals surface area contributed by atoms with Gasteiger partial charge in [-0.3, -0.25) is 14.5 Å². The Morgan fingerprint density at radius 3 is 2.84 bits per heavy atom. The van der Waals surface area contributed by atoms with E-state index < -0.39 is 41.8 Å². The van der Waals surface area contributed by atoms with E-state index in [2.05, 4.69) is 26.8 Å². The average molecular weight is 467 g/mol. The van der Waals surface area contributed by atoms with Crippen LogP contribution < -0.4 is 11.1 Å². The second-order valence-electron chi connectivity index (χ2n) is 6.10. The molecule has 0 spiro atoms. The average Bonchev–Trinajstić information content (AvgIpc) is 3.18. The number of hydrogen-bond acceptors (Lipinski definition) is 11. The number of nitrogens with two attached hydrogens (primary N) is 1. The second kappa shape index (κ2) is 9.18. The molecule has 12 nitrogen and oxygen atoms in total. The number of thioether (sulfide) groups is 1. The lowest BCUT2D eigenvalue weighted by molar-refractivity contribution is -0.150. The van der Waals surface area contributed by atoms with Gasteiger partial charge in [-0.05, 0) is 5.57 Å². The van der Waals surface area contributed by atoms with Crippen LogP contribution in [-0.4, -0.2) is 75.3 Å². The third-order valence-electron chi connectivity index (χ3n) is 4.28. The van der Waals surface area contributed by atoms with Crippen LogP contribution in [0.4, 0.5) is 5.13 Å². The predicted octanol–water partition coefficient (Wildman–Crippen LogP) is -0.456. The highest BCUT2D eigenvalue weighted by atomic mass is 32.2. The van der Waals surface area contributed by atoms with Gasteiger partial charge in [-0.15, -0.1) is 23.1 Å². The molecule has 14 heteroatoms. The van der Waals surface area contributed by atoms with E-state index >= 15 is 0 Å². The lowest BCUT2D eigenvalue weighted by Gasteiger charge is -2.49.